The molecule has 2 atom stereocenters. The van der Waals surface area contributed by atoms with E-state index in [0.29, 0.717) is 0 Å². The van der Waals surface area contributed by atoms with E-state index in [-0.39, 0.29) is 23.9 Å². The zero-order valence-corrected chi connectivity index (χ0v) is 19.4. The molecule has 5 nitrogen and oxygen atoms in total. The number of carbonyl (C=O) groups is 1. The summed E-state index contributed by atoms with van der Waals surface area (Å²) < 4.78 is 5.25. The van der Waals surface area contributed by atoms with Crippen molar-refractivity contribution >= 4 is 5.91 Å². The molecule has 1 aliphatic rings. The average Bonchev–Trinajstić information content (AvgIpc) is 3.29. The standard InChI is InChI=1S/C28H33N3O2/c1-29-28(32)27-17-24(30-18-21-13-15-25(33-2)16-14-21)19-31(27)20-26(22-9-5-3-6-10-22)23-11-7-4-8-12-23/h3-16,24,26-27,30H,17-20H2,1-2H3,(H,29,32)/t24-,27+/m1/s1. The van der Waals surface area contributed by atoms with Crippen LogP contribution in [0.3, 0.4) is 0 Å². The van der Waals surface area contributed by atoms with Crippen molar-refractivity contribution in [2.24, 2.45) is 0 Å². The van der Waals surface area contributed by atoms with Crippen LogP contribution in [0.5, 0.6) is 5.75 Å². The van der Waals surface area contributed by atoms with Gasteiger partial charge in [-0.25, -0.2) is 0 Å². The van der Waals surface area contributed by atoms with Crippen LogP contribution in [0.1, 0.15) is 29.0 Å². The second kappa shape index (κ2) is 11.1. The molecule has 0 unspecified atom stereocenters. The average molecular weight is 444 g/mol. The zero-order chi connectivity index (χ0) is 23.0. The van der Waals surface area contributed by atoms with Crippen molar-refractivity contribution in [3.05, 3.63) is 102 Å². The summed E-state index contributed by atoms with van der Waals surface area (Å²) in [5.41, 5.74) is 3.75. The van der Waals surface area contributed by atoms with Crippen LogP contribution in [0.15, 0.2) is 84.9 Å². The number of hydrogen-bond donors (Lipinski definition) is 2. The first-order chi connectivity index (χ1) is 16.2. The highest BCUT2D eigenvalue weighted by molar-refractivity contribution is 5.81. The lowest BCUT2D eigenvalue weighted by molar-refractivity contribution is -0.125. The third-order valence-electron chi connectivity index (χ3n) is 6.53. The lowest BCUT2D eigenvalue weighted by Gasteiger charge is -2.28. The van der Waals surface area contributed by atoms with Crippen LogP contribution < -0.4 is 15.4 Å². The minimum Gasteiger partial charge on any atom is -0.497 e. The van der Waals surface area contributed by atoms with Gasteiger partial charge in [-0.2, -0.15) is 0 Å². The Morgan fingerprint density at radius 2 is 1.58 bits per heavy atom. The lowest BCUT2D eigenvalue weighted by atomic mass is 9.90. The molecule has 3 aromatic carbocycles. The van der Waals surface area contributed by atoms with Gasteiger partial charge in [0.05, 0.1) is 13.2 Å². The largest absolute Gasteiger partial charge is 0.497 e. The Balaban J connectivity index is 1.49. The molecule has 0 aromatic heterocycles. The van der Waals surface area contributed by atoms with E-state index in [1.165, 1.54) is 16.7 Å². The molecule has 33 heavy (non-hydrogen) atoms. The van der Waals surface area contributed by atoms with Gasteiger partial charge in [0, 0.05) is 38.6 Å². The molecule has 1 amide bonds. The molecule has 172 valence electrons. The van der Waals surface area contributed by atoms with Crippen molar-refractivity contribution in [2.75, 3.05) is 27.2 Å². The summed E-state index contributed by atoms with van der Waals surface area (Å²) in [7, 11) is 3.40. The van der Waals surface area contributed by atoms with Crippen molar-refractivity contribution in [3.8, 4) is 5.75 Å². The molecule has 5 heteroatoms. The molecule has 4 rings (SSSR count). The molecular weight excluding hydrogens is 410 g/mol. The summed E-state index contributed by atoms with van der Waals surface area (Å²) in [5.74, 6) is 1.15. The van der Waals surface area contributed by atoms with Gasteiger partial charge in [-0.05, 0) is 35.2 Å². The highest BCUT2D eigenvalue weighted by Crippen LogP contribution is 2.29. The molecule has 1 fully saturated rings. The van der Waals surface area contributed by atoms with Crippen molar-refractivity contribution < 1.29 is 9.53 Å². The van der Waals surface area contributed by atoms with E-state index < -0.39 is 0 Å². The van der Waals surface area contributed by atoms with Gasteiger partial charge in [0.2, 0.25) is 5.91 Å². The van der Waals surface area contributed by atoms with E-state index in [1.54, 1.807) is 14.2 Å². The fourth-order valence-electron chi connectivity index (χ4n) is 4.71. The summed E-state index contributed by atoms with van der Waals surface area (Å²) in [6, 6.07) is 29.4. The molecule has 0 spiro atoms. The van der Waals surface area contributed by atoms with E-state index in [9.17, 15) is 4.79 Å². The molecule has 0 saturated carbocycles. The van der Waals surface area contributed by atoms with Crippen molar-refractivity contribution in [1.29, 1.82) is 0 Å². The summed E-state index contributed by atoms with van der Waals surface area (Å²) in [6.07, 6.45) is 0.798. The quantitative estimate of drug-likeness (QED) is 0.528. The third-order valence-corrected chi connectivity index (χ3v) is 6.53. The normalized spacial score (nSPS) is 18.4. The molecule has 0 aliphatic carbocycles. The predicted octanol–water partition coefficient (Wildman–Crippen LogP) is 3.81. The first-order valence-corrected chi connectivity index (χ1v) is 11.6. The van der Waals surface area contributed by atoms with Crippen molar-refractivity contribution in [2.45, 2.75) is 31.0 Å². The second-order valence-electron chi connectivity index (χ2n) is 8.62. The Hall–Kier alpha value is -3.15. The first kappa shape index (κ1) is 23.0. The number of methoxy groups -OCH3 is 1. The Labute approximate surface area is 196 Å². The molecule has 1 aliphatic heterocycles. The minimum absolute atomic E-state index is 0.0867. The summed E-state index contributed by atoms with van der Waals surface area (Å²) in [5, 5.41) is 6.54. The van der Waals surface area contributed by atoms with Crippen LogP contribution in [-0.4, -0.2) is 50.1 Å². The van der Waals surface area contributed by atoms with Gasteiger partial charge < -0.3 is 15.4 Å². The van der Waals surface area contributed by atoms with Crippen molar-refractivity contribution in [3.63, 3.8) is 0 Å². The summed E-state index contributed by atoms with van der Waals surface area (Å²) in [6.45, 7) is 2.40. The summed E-state index contributed by atoms with van der Waals surface area (Å²) in [4.78, 5) is 15.1. The summed E-state index contributed by atoms with van der Waals surface area (Å²) >= 11 is 0. The number of amides is 1. The van der Waals surface area contributed by atoms with Gasteiger partial charge in [-0.3, -0.25) is 9.69 Å². The van der Waals surface area contributed by atoms with Crippen molar-refractivity contribution in [1.82, 2.24) is 15.5 Å². The smallest absolute Gasteiger partial charge is 0.237 e. The molecular formula is C28H33N3O2. The molecule has 2 N–H and O–H groups in total. The van der Waals surface area contributed by atoms with Gasteiger partial charge in [0.25, 0.3) is 0 Å². The third kappa shape index (κ3) is 5.81. The number of hydrogen-bond acceptors (Lipinski definition) is 4. The Kier molecular flexibility index (Phi) is 7.76. The van der Waals surface area contributed by atoms with E-state index in [0.717, 1.165) is 31.8 Å². The Morgan fingerprint density at radius 3 is 2.12 bits per heavy atom. The van der Waals surface area contributed by atoms with E-state index in [1.807, 2.05) is 24.3 Å². The number of rotatable bonds is 9. The molecule has 1 saturated heterocycles. The van der Waals surface area contributed by atoms with E-state index in [2.05, 4.69) is 76.2 Å². The van der Waals surface area contributed by atoms with Crippen LogP contribution in [0, 0.1) is 0 Å². The van der Waals surface area contributed by atoms with Gasteiger partial charge in [0.1, 0.15) is 5.75 Å². The van der Waals surface area contributed by atoms with Gasteiger partial charge in [0.15, 0.2) is 0 Å². The first-order valence-electron chi connectivity index (χ1n) is 11.6. The minimum atomic E-state index is -0.140. The highest BCUT2D eigenvalue weighted by Gasteiger charge is 2.37. The van der Waals surface area contributed by atoms with Gasteiger partial charge in [-0.15, -0.1) is 0 Å². The topological polar surface area (TPSA) is 53.6 Å². The lowest BCUT2D eigenvalue weighted by Crippen LogP contribution is -2.43. The maximum Gasteiger partial charge on any atom is 0.237 e. The fraction of sp³-hybridized carbons (Fsp3) is 0.321. The fourth-order valence-corrected chi connectivity index (χ4v) is 4.71. The van der Waals surface area contributed by atoms with Crippen LogP contribution in [0.2, 0.25) is 0 Å². The maximum absolute atomic E-state index is 12.8. The zero-order valence-electron chi connectivity index (χ0n) is 19.4. The maximum atomic E-state index is 12.8. The second-order valence-corrected chi connectivity index (χ2v) is 8.62. The van der Waals surface area contributed by atoms with Crippen LogP contribution >= 0.6 is 0 Å². The van der Waals surface area contributed by atoms with Crippen LogP contribution in [0.4, 0.5) is 0 Å². The number of nitrogens with zero attached hydrogens (tertiary/aromatic N) is 1. The molecule has 0 radical (unpaired) electrons. The van der Waals surface area contributed by atoms with Gasteiger partial charge >= 0.3 is 0 Å². The number of carbonyl (C=O) groups excluding carboxylic acids is 1. The van der Waals surface area contributed by atoms with Crippen LogP contribution in [0.25, 0.3) is 0 Å². The molecule has 1 heterocycles. The monoisotopic (exact) mass is 443 g/mol. The highest BCUT2D eigenvalue weighted by atomic mass is 16.5. The van der Waals surface area contributed by atoms with E-state index >= 15 is 0 Å². The Morgan fingerprint density at radius 1 is 0.970 bits per heavy atom. The number of likely N-dealkylation sites (tertiary alicyclic amines) is 1. The number of benzene rings is 3. The number of likely N-dealkylation sites (N-methyl/N-ethyl adjacent to an activating group) is 1. The van der Waals surface area contributed by atoms with E-state index in [4.69, 9.17) is 4.74 Å². The number of nitrogens with one attached hydrogen (secondary N) is 2. The predicted molar refractivity (Wildman–Crippen MR) is 132 cm³/mol. The van der Waals surface area contributed by atoms with Crippen LogP contribution in [-0.2, 0) is 11.3 Å². The SMILES string of the molecule is CNC(=O)[C@@H]1C[C@@H](NCc2ccc(OC)cc2)CN1CC(c1ccccc1)c1ccccc1. The molecule has 0 bridgehead atoms. The molecule has 3 aromatic rings. The Bertz CT molecular complexity index is 969. The van der Waals surface area contributed by atoms with Gasteiger partial charge in [-0.1, -0.05) is 72.8 Å². The number of ether oxygens (including phenoxy) is 1.